The van der Waals surface area contributed by atoms with E-state index in [0.717, 1.165) is 6.42 Å². The molecule has 0 aromatic carbocycles. The second kappa shape index (κ2) is 4.66. The number of nitrogens with two attached hydrogens (primary N) is 1. The first-order valence-electron chi connectivity index (χ1n) is 7.34. The molecular formula is C14H22N2O5. The lowest BCUT2D eigenvalue weighted by atomic mass is 9.47. The number of hydrogen-bond donors (Lipinski definition) is 2. The highest BCUT2D eigenvalue weighted by Crippen LogP contribution is 2.58. The summed E-state index contributed by atoms with van der Waals surface area (Å²) in [6.45, 7) is 5.08. The van der Waals surface area contributed by atoms with Crippen molar-refractivity contribution in [2.45, 2.75) is 38.0 Å². The zero-order chi connectivity index (χ0) is 15.4. The molecule has 1 aliphatic carbocycles. The fourth-order valence-electron chi connectivity index (χ4n) is 4.11. The minimum absolute atomic E-state index is 0.0160. The number of fused-ring (bicyclic) bond motifs is 1. The van der Waals surface area contributed by atoms with Crippen LogP contribution in [-0.2, 0) is 19.1 Å². The Morgan fingerprint density at radius 1 is 1.33 bits per heavy atom. The highest BCUT2D eigenvalue weighted by molar-refractivity contribution is 5.93. The molecule has 0 bridgehead atoms. The van der Waals surface area contributed by atoms with E-state index in [4.69, 9.17) is 15.2 Å². The van der Waals surface area contributed by atoms with Crippen LogP contribution in [0.15, 0.2) is 0 Å². The normalized spacial score (nSPS) is 41.3. The van der Waals surface area contributed by atoms with E-state index in [2.05, 4.69) is 0 Å². The summed E-state index contributed by atoms with van der Waals surface area (Å²) < 4.78 is 10.9. The van der Waals surface area contributed by atoms with Gasteiger partial charge in [-0.1, -0.05) is 13.8 Å². The van der Waals surface area contributed by atoms with Crippen molar-refractivity contribution in [3.63, 3.8) is 0 Å². The maximum absolute atomic E-state index is 13.0. The lowest BCUT2D eigenvalue weighted by Gasteiger charge is -2.62. The van der Waals surface area contributed by atoms with Gasteiger partial charge in [0.25, 0.3) is 0 Å². The van der Waals surface area contributed by atoms with E-state index < -0.39 is 23.0 Å². The molecule has 3 rings (SSSR count). The van der Waals surface area contributed by atoms with Crippen LogP contribution in [0.1, 0.15) is 20.3 Å². The van der Waals surface area contributed by atoms with Gasteiger partial charge in [-0.05, 0) is 6.42 Å². The molecule has 2 saturated heterocycles. The highest BCUT2D eigenvalue weighted by atomic mass is 16.5. The van der Waals surface area contributed by atoms with E-state index in [0.29, 0.717) is 13.2 Å². The molecule has 0 aromatic heterocycles. The Labute approximate surface area is 123 Å². The number of carboxylic acids is 1. The second-order valence-electron chi connectivity index (χ2n) is 6.70. The molecule has 4 unspecified atom stereocenters. The molecule has 118 valence electrons. The van der Waals surface area contributed by atoms with Crippen molar-refractivity contribution in [1.82, 2.24) is 4.90 Å². The number of carboxylic acid groups (broad SMARTS) is 1. The van der Waals surface area contributed by atoms with Crippen molar-refractivity contribution in [3.8, 4) is 0 Å². The molecule has 2 aliphatic heterocycles. The maximum atomic E-state index is 13.0. The average Bonchev–Trinajstić information content (AvgIpc) is 2.94. The molecule has 2 heterocycles. The number of morpholine rings is 1. The minimum atomic E-state index is -1.06. The van der Waals surface area contributed by atoms with Crippen molar-refractivity contribution in [2.75, 3.05) is 26.4 Å². The molecule has 1 saturated carbocycles. The summed E-state index contributed by atoms with van der Waals surface area (Å²) in [6.07, 6.45) is 0.731. The number of ether oxygens (including phenoxy) is 2. The first-order chi connectivity index (χ1) is 9.81. The van der Waals surface area contributed by atoms with Crippen LogP contribution in [0.3, 0.4) is 0 Å². The summed E-state index contributed by atoms with van der Waals surface area (Å²) in [5, 5.41) is 9.29. The number of carbonyl (C=O) groups excluding carboxylic acids is 1. The summed E-state index contributed by atoms with van der Waals surface area (Å²) in [6, 6.07) is -0.955. The summed E-state index contributed by atoms with van der Waals surface area (Å²) in [5.74, 6) is -1.37. The molecule has 4 atom stereocenters. The second-order valence-corrected chi connectivity index (χ2v) is 6.70. The largest absolute Gasteiger partial charge is 0.480 e. The summed E-state index contributed by atoms with van der Waals surface area (Å²) >= 11 is 0. The molecule has 21 heavy (non-hydrogen) atoms. The lowest BCUT2D eigenvalue weighted by Crippen LogP contribution is -2.81. The number of hydrogen-bond acceptors (Lipinski definition) is 5. The smallest absolute Gasteiger partial charge is 0.328 e. The van der Waals surface area contributed by atoms with Gasteiger partial charge in [0.1, 0.15) is 5.54 Å². The van der Waals surface area contributed by atoms with Crippen LogP contribution in [0.4, 0.5) is 0 Å². The van der Waals surface area contributed by atoms with E-state index in [1.54, 1.807) is 0 Å². The SMILES string of the molecule is CC1(C)C2OCCC2C1(N)C(=O)N1CCOCC1C(=O)O. The van der Waals surface area contributed by atoms with Gasteiger partial charge in [-0.15, -0.1) is 0 Å². The molecule has 7 heteroatoms. The Morgan fingerprint density at radius 3 is 2.71 bits per heavy atom. The van der Waals surface area contributed by atoms with E-state index in [1.165, 1.54) is 4.90 Å². The Morgan fingerprint density at radius 2 is 2.05 bits per heavy atom. The van der Waals surface area contributed by atoms with Crippen LogP contribution in [0.2, 0.25) is 0 Å². The Hall–Kier alpha value is -1.18. The fourth-order valence-corrected chi connectivity index (χ4v) is 4.11. The van der Waals surface area contributed by atoms with E-state index >= 15 is 0 Å². The summed E-state index contributed by atoms with van der Waals surface area (Å²) in [5.41, 5.74) is 4.95. The number of amides is 1. The zero-order valence-electron chi connectivity index (χ0n) is 12.4. The van der Waals surface area contributed by atoms with Crippen molar-refractivity contribution in [1.29, 1.82) is 0 Å². The van der Waals surface area contributed by atoms with Gasteiger partial charge in [0.2, 0.25) is 5.91 Å². The van der Waals surface area contributed by atoms with Crippen molar-refractivity contribution < 1.29 is 24.2 Å². The number of aliphatic carboxylic acids is 1. The van der Waals surface area contributed by atoms with Gasteiger partial charge in [-0.3, -0.25) is 4.79 Å². The van der Waals surface area contributed by atoms with Crippen LogP contribution in [0.25, 0.3) is 0 Å². The summed E-state index contributed by atoms with van der Waals surface area (Å²) in [4.78, 5) is 25.7. The van der Waals surface area contributed by atoms with E-state index in [1.807, 2.05) is 13.8 Å². The van der Waals surface area contributed by atoms with Crippen LogP contribution in [-0.4, -0.2) is 65.9 Å². The van der Waals surface area contributed by atoms with Gasteiger partial charge in [-0.25, -0.2) is 4.79 Å². The van der Waals surface area contributed by atoms with Crippen LogP contribution < -0.4 is 5.73 Å². The molecule has 0 spiro atoms. The Bertz CT molecular complexity index is 480. The third kappa shape index (κ3) is 1.77. The van der Waals surface area contributed by atoms with Gasteiger partial charge in [0.15, 0.2) is 6.04 Å². The topological polar surface area (TPSA) is 102 Å². The van der Waals surface area contributed by atoms with Crippen molar-refractivity contribution >= 4 is 11.9 Å². The molecule has 0 aromatic rings. The first-order valence-corrected chi connectivity index (χ1v) is 7.34. The quantitative estimate of drug-likeness (QED) is 0.708. The molecular weight excluding hydrogens is 276 g/mol. The molecule has 0 radical (unpaired) electrons. The van der Waals surface area contributed by atoms with Crippen LogP contribution in [0.5, 0.6) is 0 Å². The maximum Gasteiger partial charge on any atom is 0.328 e. The zero-order valence-corrected chi connectivity index (χ0v) is 12.4. The predicted molar refractivity (Wildman–Crippen MR) is 72.5 cm³/mol. The molecule has 3 fully saturated rings. The average molecular weight is 298 g/mol. The van der Waals surface area contributed by atoms with Crippen molar-refractivity contribution in [3.05, 3.63) is 0 Å². The molecule has 3 N–H and O–H groups in total. The fraction of sp³-hybridized carbons (Fsp3) is 0.857. The lowest BCUT2D eigenvalue weighted by molar-refractivity contribution is -0.192. The predicted octanol–water partition coefficient (Wildman–Crippen LogP) is -0.559. The molecule has 3 aliphatic rings. The van der Waals surface area contributed by atoms with Crippen LogP contribution >= 0.6 is 0 Å². The van der Waals surface area contributed by atoms with Crippen LogP contribution in [0, 0.1) is 11.3 Å². The number of carbonyl (C=O) groups is 2. The minimum Gasteiger partial charge on any atom is -0.480 e. The summed E-state index contributed by atoms with van der Waals surface area (Å²) in [7, 11) is 0. The highest BCUT2D eigenvalue weighted by Gasteiger charge is 2.72. The third-order valence-corrected chi connectivity index (χ3v) is 5.48. The first kappa shape index (κ1) is 14.7. The number of rotatable bonds is 2. The third-order valence-electron chi connectivity index (χ3n) is 5.48. The van der Waals surface area contributed by atoms with E-state index in [9.17, 15) is 14.7 Å². The van der Waals surface area contributed by atoms with E-state index in [-0.39, 0.29) is 31.1 Å². The Balaban J connectivity index is 1.88. The molecule has 7 nitrogen and oxygen atoms in total. The van der Waals surface area contributed by atoms with Gasteiger partial charge < -0.3 is 25.2 Å². The van der Waals surface area contributed by atoms with Gasteiger partial charge >= 0.3 is 5.97 Å². The monoisotopic (exact) mass is 298 g/mol. The van der Waals surface area contributed by atoms with Gasteiger partial charge in [0, 0.05) is 24.5 Å². The number of nitrogens with zero attached hydrogens (tertiary/aromatic N) is 1. The van der Waals surface area contributed by atoms with Gasteiger partial charge in [0.05, 0.1) is 19.3 Å². The van der Waals surface area contributed by atoms with Gasteiger partial charge in [-0.2, -0.15) is 0 Å². The Kier molecular flexibility index (Phi) is 3.27. The molecule has 1 amide bonds. The van der Waals surface area contributed by atoms with Crippen molar-refractivity contribution in [2.24, 2.45) is 17.1 Å². The standard InChI is InChI=1S/C14H22N2O5/c1-13(2)10-8(3-5-21-10)14(13,15)12(19)16-4-6-20-7-9(16)11(17)18/h8-10H,3-7,15H2,1-2H3,(H,17,18).